The summed E-state index contributed by atoms with van der Waals surface area (Å²) in [6.07, 6.45) is 1.73. The summed E-state index contributed by atoms with van der Waals surface area (Å²) in [5.41, 5.74) is 7.29. The number of thiazole rings is 1. The number of hydrazone groups is 1. The zero-order valence-corrected chi connectivity index (χ0v) is 17.2. The summed E-state index contributed by atoms with van der Waals surface area (Å²) in [4.78, 5) is 17.4. The van der Waals surface area contributed by atoms with Crippen molar-refractivity contribution in [3.05, 3.63) is 102 Å². The van der Waals surface area contributed by atoms with Crippen molar-refractivity contribution >= 4 is 33.6 Å². The van der Waals surface area contributed by atoms with Crippen molar-refractivity contribution in [1.29, 1.82) is 0 Å². The molecular formula is C24H20N4OS. The number of amides is 1. The molecule has 0 unspecified atom stereocenters. The third-order valence-electron chi connectivity index (χ3n) is 4.39. The average Bonchev–Trinajstić information content (AvgIpc) is 3.18. The zero-order valence-electron chi connectivity index (χ0n) is 16.4. The summed E-state index contributed by atoms with van der Waals surface area (Å²) in [6.45, 7) is 1.99. The molecule has 1 amide bonds. The number of carbonyl (C=O) groups is 1. The van der Waals surface area contributed by atoms with E-state index in [0.717, 1.165) is 16.7 Å². The molecule has 0 aliphatic rings. The predicted octanol–water partition coefficient (Wildman–Crippen LogP) is 5.82. The van der Waals surface area contributed by atoms with Gasteiger partial charge in [-0.2, -0.15) is 5.10 Å². The molecule has 0 bridgehead atoms. The van der Waals surface area contributed by atoms with E-state index >= 15 is 0 Å². The third-order valence-corrected chi connectivity index (χ3v) is 5.26. The Morgan fingerprint density at radius 3 is 2.30 bits per heavy atom. The van der Waals surface area contributed by atoms with Crippen molar-refractivity contribution in [3.63, 3.8) is 0 Å². The van der Waals surface area contributed by atoms with Gasteiger partial charge in [0.2, 0.25) is 5.13 Å². The fourth-order valence-corrected chi connectivity index (χ4v) is 3.66. The number of anilines is 2. The van der Waals surface area contributed by atoms with Crippen LogP contribution in [0.3, 0.4) is 0 Å². The molecule has 2 N–H and O–H groups in total. The molecule has 30 heavy (non-hydrogen) atoms. The Bertz CT molecular complexity index is 1150. The molecule has 0 atom stereocenters. The lowest BCUT2D eigenvalue weighted by Crippen LogP contribution is -2.11. The predicted molar refractivity (Wildman–Crippen MR) is 124 cm³/mol. The molecule has 4 rings (SSSR count). The highest BCUT2D eigenvalue weighted by Gasteiger charge is 2.16. The summed E-state index contributed by atoms with van der Waals surface area (Å²) < 4.78 is 0. The van der Waals surface area contributed by atoms with E-state index in [-0.39, 0.29) is 5.91 Å². The van der Waals surface area contributed by atoms with E-state index in [9.17, 15) is 4.79 Å². The van der Waals surface area contributed by atoms with Crippen LogP contribution in [0.4, 0.5) is 10.1 Å². The second-order valence-electron chi connectivity index (χ2n) is 6.66. The normalized spacial score (nSPS) is 10.8. The van der Waals surface area contributed by atoms with Crippen molar-refractivity contribution in [2.75, 3.05) is 10.7 Å². The smallest absolute Gasteiger partial charge is 0.256 e. The summed E-state index contributed by atoms with van der Waals surface area (Å²) >= 11 is 1.35. The Morgan fingerprint density at radius 1 is 0.933 bits per heavy atom. The number of hydrogen-bond donors (Lipinski definition) is 2. The first-order chi connectivity index (χ1) is 14.7. The Hall–Kier alpha value is -3.77. The average molecular weight is 413 g/mol. The Kier molecular flexibility index (Phi) is 5.96. The standard InChI is InChI=1S/C24H20N4OS/c1-17-12-14-20(15-13-17)22(29)27-23-21(19-10-6-3-7-11-19)26-24(30-23)28-25-16-18-8-4-2-5-9-18/h2-16H,1H3,(H,26,28)(H,27,29). The summed E-state index contributed by atoms with van der Waals surface area (Å²) in [6, 6.07) is 27.1. The molecule has 1 aromatic heterocycles. The summed E-state index contributed by atoms with van der Waals surface area (Å²) in [5.74, 6) is -0.171. The van der Waals surface area contributed by atoms with Gasteiger partial charge in [-0.15, -0.1) is 0 Å². The molecule has 0 saturated heterocycles. The largest absolute Gasteiger partial charge is 0.312 e. The minimum absolute atomic E-state index is 0.171. The highest BCUT2D eigenvalue weighted by atomic mass is 32.1. The van der Waals surface area contributed by atoms with Crippen molar-refractivity contribution in [2.24, 2.45) is 5.10 Å². The lowest BCUT2D eigenvalue weighted by atomic mass is 10.1. The first kappa shape index (κ1) is 19.5. The molecule has 148 valence electrons. The van der Waals surface area contributed by atoms with Crippen molar-refractivity contribution in [3.8, 4) is 11.3 Å². The van der Waals surface area contributed by atoms with E-state index in [2.05, 4.69) is 20.8 Å². The molecule has 0 aliphatic carbocycles. The van der Waals surface area contributed by atoms with Gasteiger partial charge in [-0.25, -0.2) is 4.98 Å². The van der Waals surface area contributed by atoms with Crippen LogP contribution in [0.15, 0.2) is 90.0 Å². The van der Waals surface area contributed by atoms with Crippen LogP contribution in [0.5, 0.6) is 0 Å². The maximum atomic E-state index is 12.7. The van der Waals surface area contributed by atoms with Crippen molar-refractivity contribution < 1.29 is 4.79 Å². The molecule has 6 heteroatoms. The van der Waals surface area contributed by atoms with Crippen LogP contribution >= 0.6 is 11.3 Å². The molecule has 0 saturated carbocycles. The lowest BCUT2D eigenvalue weighted by Gasteiger charge is -2.05. The van der Waals surface area contributed by atoms with Gasteiger partial charge < -0.3 is 5.32 Å². The van der Waals surface area contributed by atoms with Gasteiger partial charge in [0.1, 0.15) is 10.7 Å². The van der Waals surface area contributed by atoms with Crippen LogP contribution in [0.2, 0.25) is 0 Å². The van der Waals surface area contributed by atoms with Crippen molar-refractivity contribution in [2.45, 2.75) is 6.92 Å². The molecule has 0 radical (unpaired) electrons. The third kappa shape index (κ3) is 4.79. The fraction of sp³-hybridized carbons (Fsp3) is 0.0417. The van der Waals surface area contributed by atoms with Gasteiger partial charge in [0, 0.05) is 11.1 Å². The Morgan fingerprint density at radius 2 is 1.60 bits per heavy atom. The fourth-order valence-electron chi connectivity index (χ4n) is 2.83. The van der Waals surface area contributed by atoms with Crippen LogP contribution < -0.4 is 10.7 Å². The highest BCUT2D eigenvalue weighted by Crippen LogP contribution is 2.36. The van der Waals surface area contributed by atoms with Crippen molar-refractivity contribution in [1.82, 2.24) is 4.98 Å². The SMILES string of the molecule is Cc1ccc(C(=O)Nc2sc(NN=Cc3ccccc3)nc2-c2ccccc2)cc1. The molecule has 0 spiro atoms. The number of hydrogen-bond acceptors (Lipinski definition) is 5. The van der Waals surface area contributed by atoms with Gasteiger partial charge in [-0.3, -0.25) is 10.2 Å². The Balaban J connectivity index is 1.58. The zero-order chi connectivity index (χ0) is 20.8. The molecule has 4 aromatic rings. The number of benzene rings is 3. The van der Waals surface area contributed by atoms with Gasteiger partial charge in [0.25, 0.3) is 5.91 Å². The number of aryl methyl sites for hydroxylation is 1. The van der Waals surface area contributed by atoms with Crippen LogP contribution in [-0.2, 0) is 0 Å². The van der Waals surface area contributed by atoms with Crippen LogP contribution in [0.25, 0.3) is 11.3 Å². The first-order valence-corrected chi connectivity index (χ1v) is 10.3. The van der Waals surface area contributed by atoms with E-state index in [1.807, 2.05) is 91.9 Å². The highest BCUT2D eigenvalue weighted by molar-refractivity contribution is 7.20. The van der Waals surface area contributed by atoms with E-state index in [1.165, 1.54) is 11.3 Å². The van der Waals surface area contributed by atoms with Gasteiger partial charge in [-0.05, 0) is 24.6 Å². The lowest BCUT2D eigenvalue weighted by molar-refractivity contribution is 0.102. The van der Waals surface area contributed by atoms with Gasteiger partial charge >= 0.3 is 0 Å². The molecule has 3 aromatic carbocycles. The van der Waals surface area contributed by atoms with E-state index < -0.39 is 0 Å². The van der Waals surface area contributed by atoms with Gasteiger partial charge in [0.05, 0.1) is 6.21 Å². The molecule has 0 fully saturated rings. The van der Waals surface area contributed by atoms with Gasteiger partial charge in [-0.1, -0.05) is 89.7 Å². The summed E-state index contributed by atoms with van der Waals surface area (Å²) in [5, 5.41) is 8.53. The molecule has 0 aliphatic heterocycles. The number of aromatic nitrogens is 1. The molecule has 1 heterocycles. The van der Waals surface area contributed by atoms with Gasteiger partial charge in [0.15, 0.2) is 0 Å². The summed E-state index contributed by atoms with van der Waals surface area (Å²) in [7, 11) is 0. The maximum absolute atomic E-state index is 12.7. The quantitative estimate of drug-likeness (QED) is 0.310. The van der Waals surface area contributed by atoms with Crippen LogP contribution in [0.1, 0.15) is 21.5 Å². The minimum atomic E-state index is -0.171. The molecular weight excluding hydrogens is 392 g/mol. The Labute approximate surface area is 179 Å². The number of carbonyl (C=O) groups excluding carboxylic acids is 1. The second-order valence-corrected chi connectivity index (χ2v) is 7.66. The molecule has 5 nitrogen and oxygen atoms in total. The monoisotopic (exact) mass is 412 g/mol. The van der Waals surface area contributed by atoms with E-state index in [1.54, 1.807) is 6.21 Å². The maximum Gasteiger partial charge on any atom is 0.256 e. The van der Waals surface area contributed by atoms with Crippen LogP contribution in [-0.4, -0.2) is 17.1 Å². The van der Waals surface area contributed by atoms with E-state index in [4.69, 9.17) is 0 Å². The first-order valence-electron chi connectivity index (χ1n) is 9.47. The number of nitrogens with zero attached hydrogens (tertiary/aromatic N) is 2. The van der Waals surface area contributed by atoms with Crippen LogP contribution in [0, 0.1) is 6.92 Å². The minimum Gasteiger partial charge on any atom is -0.312 e. The number of nitrogens with one attached hydrogen (secondary N) is 2. The van der Waals surface area contributed by atoms with E-state index in [0.29, 0.717) is 21.4 Å². The second kappa shape index (κ2) is 9.15. The topological polar surface area (TPSA) is 66.4 Å². The number of rotatable bonds is 6.